The summed E-state index contributed by atoms with van der Waals surface area (Å²) in [5.41, 5.74) is 0.797. The third kappa shape index (κ3) is 1.86. The van der Waals surface area contributed by atoms with Crippen LogP contribution in [0.15, 0.2) is 24.3 Å². The van der Waals surface area contributed by atoms with Crippen LogP contribution >= 0.6 is 0 Å². The van der Waals surface area contributed by atoms with E-state index in [1.165, 1.54) is 31.7 Å². The van der Waals surface area contributed by atoms with Crippen molar-refractivity contribution < 1.29 is 4.39 Å². The molecule has 0 heterocycles. The van der Waals surface area contributed by atoms with Crippen molar-refractivity contribution in [2.45, 2.75) is 38.3 Å². The third-order valence-electron chi connectivity index (χ3n) is 4.25. The first-order valence-electron chi connectivity index (χ1n) is 6.29. The van der Waals surface area contributed by atoms with E-state index in [-0.39, 0.29) is 5.82 Å². The van der Waals surface area contributed by atoms with Gasteiger partial charge in [0.1, 0.15) is 5.82 Å². The number of halogens is 1. The van der Waals surface area contributed by atoms with Crippen LogP contribution in [-0.4, -0.2) is 6.04 Å². The van der Waals surface area contributed by atoms with Crippen molar-refractivity contribution in [2.75, 3.05) is 0 Å². The maximum atomic E-state index is 13.4. The first-order chi connectivity index (χ1) is 7.83. The van der Waals surface area contributed by atoms with Crippen LogP contribution in [0.2, 0.25) is 0 Å². The van der Waals surface area contributed by atoms with E-state index in [0.717, 1.165) is 17.4 Å². The molecule has 0 aliphatic heterocycles. The molecule has 0 spiro atoms. The monoisotopic (exact) mass is 219 g/mol. The molecule has 0 radical (unpaired) electrons. The zero-order valence-corrected chi connectivity index (χ0v) is 9.45. The van der Waals surface area contributed by atoms with E-state index in [2.05, 4.69) is 5.32 Å². The van der Waals surface area contributed by atoms with Crippen LogP contribution in [0.4, 0.5) is 4.39 Å². The molecule has 2 aliphatic rings. The van der Waals surface area contributed by atoms with Gasteiger partial charge in [0.05, 0.1) is 0 Å². The molecule has 0 saturated heterocycles. The van der Waals surface area contributed by atoms with Crippen molar-refractivity contribution in [1.82, 2.24) is 5.32 Å². The van der Waals surface area contributed by atoms with E-state index in [9.17, 15) is 4.39 Å². The van der Waals surface area contributed by atoms with Crippen LogP contribution in [0.1, 0.15) is 31.2 Å². The van der Waals surface area contributed by atoms with E-state index >= 15 is 0 Å². The Labute approximate surface area is 96.1 Å². The zero-order chi connectivity index (χ0) is 11.0. The van der Waals surface area contributed by atoms with Crippen molar-refractivity contribution >= 4 is 0 Å². The van der Waals surface area contributed by atoms with Crippen LogP contribution in [0, 0.1) is 17.7 Å². The minimum absolute atomic E-state index is 0.0850. The molecule has 3 rings (SSSR count). The van der Waals surface area contributed by atoms with Gasteiger partial charge in [0.2, 0.25) is 0 Å². The SMILES string of the molecule is Fc1ccccc1CNC1CC2CCC1C2. The molecule has 16 heavy (non-hydrogen) atoms. The quantitative estimate of drug-likeness (QED) is 0.823. The Morgan fingerprint density at radius 1 is 1.19 bits per heavy atom. The van der Waals surface area contributed by atoms with Crippen molar-refractivity contribution in [3.8, 4) is 0 Å². The highest BCUT2D eigenvalue weighted by Gasteiger charge is 2.38. The molecule has 1 aromatic rings. The van der Waals surface area contributed by atoms with Crippen molar-refractivity contribution in [2.24, 2.45) is 11.8 Å². The zero-order valence-electron chi connectivity index (χ0n) is 9.45. The van der Waals surface area contributed by atoms with Crippen molar-refractivity contribution in [3.05, 3.63) is 35.6 Å². The van der Waals surface area contributed by atoms with E-state index in [1.807, 2.05) is 12.1 Å². The second-order valence-corrected chi connectivity index (χ2v) is 5.25. The predicted octanol–water partition coefficient (Wildman–Crippen LogP) is 3.10. The van der Waals surface area contributed by atoms with Crippen LogP contribution in [0.3, 0.4) is 0 Å². The minimum atomic E-state index is -0.0850. The Bertz CT molecular complexity index is 377. The number of rotatable bonds is 3. The van der Waals surface area contributed by atoms with Gasteiger partial charge in [0.25, 0.3) is 0 Å². The first-order valence-corrected chi connectivity index (χ1v) is 6.29. The third-order valence-corrected chi connectivity index (χ3v) is 4.25. The Balaban J connectivity index is 1.59. The molecule has 3 atom stereocenters. The van der Waals surface area contributed by atoms with Crippen molar-refractivity contribution in [1.29, 1.82) is 0 Å². The maximum Gasteiger partial charge on any atom is 0.127 e. The van der Waals surface area contributed by atoms with Gasteiger partial charge in [-0.15, -0.1) is 0 Å². The van der Waals surface area contributed by atoms with Crippen LogP contribution in [-0.2, 0) is 6.54 Å². The summed E-state index contributed by atoms with van der Waals surface area (Å²) in [4.78, 5) is 0. The van der Waals surface area contributed by atoms with Crippen LogP contribution in [0.25, 0.3) is 0 Å². The van der Waals surface area contributed by atoms with Gasteiger partial charge in [0.15, 0.2) is 0 Å². The standard InChI is InChI=1S/C14H18FN/c15-13-4-2-1-3-12(13)9-16-14-8-10-5-6-11(14)7-10/h1-4,10-11,14,16H,5-9H2. The fraction of sp³-hybridized carbons (Fsp3) is 0.571. The van der Waals surface area contributed by atoms with Gasteiger partial charge in [-0.25, -0.2) is 4.39 Å². The molecule has 2 aliphatic carbocycles. The molecule has 1 aromatic carbocycles. The fourth-order valence-corrected chi connectivity index (χ4v) is 3.38. The van der Waals surface area contributed by atoms with E-state index in [0.29, 0.717) is 12.6 Å². The van der Waals surface area contributed by atoms with Crippen LogP contribution < -0.4 is 5.32 Å². The number of fused-ring (bicyclic) bond motifs is 2. The van der Waals surface area contributed by atoms with Crippen LogP contribution in [0.5, 0.6) is 0 Å². The van der Waals surface area contributed by atoms with Gasteiger partial charge in [-0.2, -0.15) is 0 Å². The van der Waals surface area contributed by atoms with Gasteiger partial charge in [-0.1, -0.05) is 24.6 Å². The Kier molecular flexibility index (Phi) is 2.68. The largest absolute Gasteiger partial charge is 0.310 e. The lowest BCUT2D eigenvalue weighted by Gasteiger charge is -2.23. The molecule has 0 aromatic heterocycles. The summed E-state index contributed by atoms with van der Waals surface area (Å²) < 4.78 is 13.4. The second-order valence-electron chi connectivity index (χ2n) is 5.25. The maximum absolute atomic E-state index is 13.4. The van der Waals surface area contributed by atoms with E-state index in [4.69, 9.17) is 0 Å². The molecule has 3 unspecified atom stereocenters. The summed E-state index contributed by atoms with van der Waals surface area (Å²) in [5, 5.41) is 3.53. The lowest BCUT2D eigenvalue weighted by atomic mass is 9.95. The molecule has 1 N–H and O–H groups in total. The molecule has 0 amide bonds. The molecule has 2 heteroatoms. The summed E-state index contributed by atoms with van der Waals surface area (Å²) in [7, 11) is 0. The number of nitrogens with one attached hydrogen (secondary N) is 1. The van der Waals surface area contributed by atoms with Gasteiger partial charge in [-0.3, -0.25) is 0 Å². The number of hydrogen-bond acceptors (Lipinski definition) is 1. The predicted molar refractivity (Wildman–Crippen MR) is 62.5 cm³/mol. The topological polar surface area (TPSA) is 12.0 Å². The highest BCUT2D eigenvalue weighted by molar-refractivity contribution is 5.17. The molecule has 86 valence electrons. The molecule has 2 fully saturated rings. The fourth-order valence-electron chi connectivity index (χ4n) is 3.38. The summed E-state index contributed by atoms with van der Waals surface area (Å²) in [5.74, 6) is 1.72. The second kappa shape index (κ2) is 4.17. The summed E-state index contributed by atoms with van der Waals surface area (Å²) in [6, 6.07) is 7.70. The molecular formula is C14H18FN. The Morgan fingerprint density at radius 3 is 2.75 bits per heavy atom. The molecule has 1 nitrogen and oxygen atoms in total. The molecular weight excluding hydrogens is 201 g/mol. The van der Waals surface area contributed by atoms with E-state index in [1.54, 1.807) is 6.07 Å². The molecule has 2 bridgehead atoms. The van der Waals surface area contributed by atoms with Gasteiger partial charge in [-0.05, 0) is 37.2 Å². The lowest BCUT2D eigenvalue weighted by molar-refractivity contribution is 0.349. The smallest absolute Gasteiger partial charge is 0.127 e. The average molecular weight is 219 g/mol. The van der Waals surface area contributed by atoms with Crippen molar-refractivity contribution in [3.63, 3.8) is 0 Å². The van der Waals surface area contributed by atoms with Gasteiger partial charge in [0, 0.05) is 18.2 Å². The number of hydrogen-bond donors (Lipinski definition) is 1. The Morgan fingerprint density at radius 2 is 2.06 bits per heavy atom. The highest BCUT2D eigenvalue weighted by Crippen LogP contribution is 2.44. The average Bonchev–Trinajstić information content (AvgIpc) is 2.90. The summed E-state index contributed by atoms with van der Waals surface area (Å²) >= 11 is 0. The highest BCUT2D eigenvalue weighted by atomic mass is 19.1. The summed E-state index contributed by atoms with van der Waals surface area (Å²) in [6.45, 7) is 0.681. The van der Waals surface area contributed by atoms with Gasteiger partial charge < -0.3 is 5.32 Å². The molecule has 2 saturated carbocycles. The minimum Gasteiger partial charge on any atom is -0.310 e. The summed E-state index contributed by atoms with van der Waals surface area (Å²) in [6.07, 6.45) is 5.50. The van der Waals surface area contributed by atoms with E-state index < -0.39 is 0 Å². The number of benzene rings is 1. The van der Waals surface area contributed by atoms with Gasteiger partial charge >= 0.3 is 0 Å². The normalized spacial score (nSPS) is 32.2. The lowest BCUT2D eigenvalue weighted by Crippen LogP contribution is -2.33. The Hall–Kier alpha value is -0.890. The first kappa shape index (κ1) is 10.3.